The molecule has 0 bridgehead atoms. The summed E-state index contributed by atoms with van der Waals surface area (Å²) < 4.78 is 17.4. The molecular formula is C16H26O2P+. The van der Waals surface area contributed by atoms with Gasteiger partial charge in [-0.25, -0.2) is 0 Å². The van der Waals surface area contributed by atoms with Crippen LogP contribution in [0.25, 0.3) is 0 Å². The second-order valence-corrected chi connectivity index (χ2v) is 7.28. The Bertz CT molecular complexity index is 433. The molecule has 0 saturated carbocycles. The Morgan fingerprint density at radius 1 is 0.895 bits per heavy atom. The summed E-state index contributed by atoms with van der Waals surface area (Å²) in [6.45, 7) is 13.0. The van der Waals surface area contributed by atoms with Gasteiger partial charge in [0.05, 0.1) is 7.11 Å². The minimum absolute atomic E-state index is 0.347. The van der Waals surface area contributed by atoms with Gasteiger partial charge in [0.25, 0.3) is 0 Å². The van der Waals surface area contributed by atoms with Crippen LogP contribution in [0, 0.1) is 0 Å². The Morgan fingerprint density at radius 3 is 1.58 bits per heavy atom. The van der Waals surface area contributed by atoms with Crippen molar-refractivity contribution in [3.05, 3.63) is 28.8 Å². The quantitative estimate of drug-likeness (QED) is 0.704. The number of hydrogen-bond acceptors (Lipinski definition) is 2. The first-order chi connectivity index (χ1) is 8.79. The molecule has 0 N–H and O–H groups in total. The van der Waals surface area contributed by atoms with Crippen molar-refractivity contribution in [2.75, 3.05) is 7.11 Å². The van der Waals surface area contributed by atoms with Crippen molar-refractivity contribution in [3.63, 3.8) is 0 Å². The maximum Gasteiger partial charge on any atom is 0.549 e. The van der Waals surface area contributed by atoms with Crippen molar-refractivity contribution in [1.29, 1.82) is 0 Å². The topological polar surface area (TPSA) is 26.3 Å². The van der Waals surface area contributed by atoms with Crippen LogP contribution in [-0.4, -0.2) is 7.11 Å². The summed E-state index contributed by atoms with van der Waals surface area (Å²) >= 11 is 0. The van der Waals surface area contributed by atoms with Gasteiger partial charge in [0.1, 0.15) is 0 Å². The molecule has 1 aromatic rings. The van der Waals surface area contributed by atoms with Gasteiger partial charge in [0, 0.05) is 11.1 Å². The summed E-state index contributed by atoms with van der Waals surface area (Å²) in [6.07, 6.45) is 0. The first kappa shape index (κ1) is 16.3. The Hall–Kier alpha value is -0.720. The van der Waals surface area contributed by atoms with Crippen molar-refractivity contribution in [2.24, 2.45) is 0 Å². The summed E-state index contributed by atoms with van der Waals surface area (Å²) in [7, 11) is -0.244. The van der Waals surface area contributed by atoms with E-state index < -0.39 is 8.03 Å². The van der Waals surface area contributed by atoms with Crippen molar-refractivity contribution < 1.29 is 9.09 Å². The van der Waals surface area contributed by atoms with E-state index in [1.165, 1.54) is 12.7 Å². The van der Waals surface area contributed by atoms with E-state index in [1.807, 2.05) is 0 Å². The molecule has 19 heavy (non-hydrogen) atoms. The van der Waals surface area contributed by atoms with Gasteiger partial charge in [0.2, 0.25) is 5.30 Å². The second kappa shape index (κ2) is 6.63. The Labute approximate surface area is 118 Å². The van der Waals surface area contributed by atoms with Crippen LogP contribution in [0.5, 0.6) is 0 Å². The normalized spacial score (nSPS) is 12.6. The van der Waals surface area contributed by atoms with E-state index in [4.69, 9.17) is 4.52 Å². The molecular weight excluding hydrogens is 255 g/mol. The molecule has 0 aliphatic rings. The monoisotopic (exact) mass is 281 g/mol. The molecule has 0 amide bonds. The lowest BCUT2D eigenvalue weighted by Gasteiger charge is -2.16. The molecule has 0 aromatic heterocycles. The highest BCUT2D eigenvalue weighted by Gasteiger charge is 2.32. The second-order valence-electron chi connectivity index (χ2n) is 5.95. The van der Waals surface area contributed by atoms with Crippen LogP contribution in [0.15, 0.2) is 12.1 Å². The zero-order chi connectivity index (χ0) is 14.7. The van der Waals surface area contributed by atoms with Gasteiger partial charge in [-0.05, 0) is 27.9 Å². The average Bonchev–Trinajstić information content (AvgIpc) is 2.35. The van der Waals surface area contributed by atoms with Crippen LogP contribution in [0.4, 0.5) is 0 Å². The predicted octanol–water partition coefficient (Wildman–Crippen LogP) is 5.07. The summed E-state index contributed by atoms with van der Waals surface area (Å²) in [5.74, 6) is 1.17. The number of benzene rings is 1. The lowest BCUT2D eigenvalue weighted by Crippen LogP contribution is -2.17. The summed E-state index contributed by atoms with van der Waals surface area (Å²) in [6, 6.07) is 4.39. The lowest BCUT2D eigenvalue weighted by molar-refractivity contribution is 0.422. The highest BCUT2D eigenvalue weighted by Crippen LogP contribution is 2.34. The van der Waals surface area contributed by atoms with Gasteiger partial charge in [-0.1, -0.05) is 53.7 Å². The molecule has 0 aliphatic heterocycles. The SMILES string of the molecule is CO[P+](=O)c1c(C(C)C)cc(C(C)C)cc1C(C)C. The fourth-order valence-electron chi connectivity index (χ4n) is 2.22. The zero-order valence-corrected chi connectivity index (χ0v) is 14.0. The lowest BCUT2D eigenvalue weighted by atomic mass is 9.89. The van der Waals surface area contributed by atoms with Gasteiger partial charge in [0.15, 0.2) is 0 Å². The molecule has 106 valence electrons. The van der Waals surface area contributed by atoms with Gasteiger partial charge in [-0.3, -0.25) is 0 Å². The smallest absolute Gasteiger partial charge is 0.145 e. The van der Waals surface area contributed by atoms with Crippen LogP contribution in [0.1, 0.15) is 76.0 Å². The summed E-state index contributed by atoms with van der Waals surface area (Å²) in [5, 5.41) is 0.909. The molecule has 1 unspecified atom stereocenters. The largest absolute Gasteiger partial charge is 0.549 e. The average molecular weight is 281 g/mol. The molecule has 0 radical (unpaired) electrons. The predicted molar refractivity (Wildman–Crippen MR) is 83.0 cm³/mol. The van der Waals surface area contributed by atoms with Gasteiger partial charge in [-0.15, -0.1) is 4.52 Å². The third-order valence-corrected chi connectivity index (χ3v) is 4.66. The molecule has 3 heteroatoms. The summed E-state index contributed by atoms with van der Waals surface area (Å²) in [4.78, 5) is 0. The molecule has 0 heterocycles. The van der Waals surface area contributed by atoms with E-state index in [0.717, 1.165) is 16.4 Å². The maximum absolute atomic E-state index is 12.3. The van der Waals surface area contributed by atoms with Crippen LogP contribution in [0.3, 0.4) is 0 Å². The van der Waals surface area contributed by atoms with Crippen molar-refractivity contribution in [1.82, 2.24) is 0 Å². The number of rotatable bonds is 5. The van der Waals surface area contributed by atoms with Crippen molar-refractivity contribution >= 4 is 13.3 Å². The van der Waals surface area contributed by atoms with Crippen molar-refractivity contribution in [2.45, 2.75) is 59.3 Å². The third kappa shape index (κ3) is 3.64. The van der Waals surface area contributed by atoms with E-state index in [0.29, 0.717) is 17.8 Å². The van der Waals surface area contributed by atoms with E-state index in [9.17, 15) is 4.57 Å². The third-order valence-electron chi connectivity index (χ3n) is 3.45. The van der Waals surface area contributed by atoms with E-state index >= 15 is 0 Å². The molecule has 0 saturated heterocycles. The van der Waals surface area contributed by atoms with Gasteiger partial charge < -0.3 is 0 Å². The van der Waals surface area contributed by atoms with Crippen LogP contribution in [-0.2, 0) is 9.09 Å². The van der Waals surface area contributed by atoms with Crippen LogP contribution >= 0.6 is 8.03 Å². The van der Waals surface area contributed by atoms with Gasteiger partial charge >= 0.3 is 8.03 Å². The molecule has 1 aromatic carbocycles. The summed E-state index contributed by atoms with van der Waals surface area (Å²) in [5.41, 5.74) is 3.64. The van der Waals surface area contributed by atoms with E-state index in [1.54, 1.807) is 0 Å². The van der Waals surface area contributed by atoms with Crippen LogP contribution < -0.4 is 5.30 Å². The van der Waals surface area contributed by atoms with Gasteiger partial charge in [-0.2, -0.15) is 0 Å². The first-order valence-corrected chi connectivity index (χ1v) is 8.16. The number of hydrogen-bond donors (Lipinski definition) is 0. The standard InChI is InChI=1S/C16H26O2P/c1-10(2)13-8-14(11(3)4)16(19(17)18-7)15(9-13)12(5)6/h8-12H,1-7H3/q+1. The molecule has 0 spiro atoms. The zero-order valence-electron chi connectivity index (χ0n) is 13.2. The Balaban J connectivity index is 3.60. The molecule has 0 aliphatic carbocycles. The molecule has 0 fully saturated rings. The van der Waals surface area contributed by atoms with E-state index in [2.05, 4.69) is 53.7 Å². The van der Waals surface area contributed by atoms with Crippen LogP contribution in [0.2, 0.25) is 0 Å². The first-order valence-electron chi connectivity index (χ1n) is 6.98. The van der Waals surface area contributed by atoms with Crippen molar-refractivity contribution in [3.8, 4) is 0 Å². The molecule has 1 atom stereocenters. The minimum Gasteiger partial charge on any atom is -0.145 e. The molecule has 2 nitrogen and oxygen atoms in total. The Kier molecular flexibility index (Phi) is 5.70. The minimum atomic E-state index is -1.76. The van der Waals surface area contributed by atoms with E-state index in [-0.39, 0.29) is 0 Å². The molecule has 1 rings (SSSR count). The fourth-order valence-corrected chi connectivity index (χ4v) is 3.47. The highest BCUT2D eigenvalue weighted by atomic mass is 31.1. The fraction of sp³-hybridized carbons (Fsp3) is 0.625. The Morgan fingerprint density at radius 2 is 1.32 bits per heavy atom. The maximum atomic E-state index is 12.3. The highest BCUT2D eigenvalue weighted by molar-refractivity contribution is 7.48.